The van der Waals surface area contributed by atoms with Crippen molar-refractivity contribution in [3.05, 3.63) is 57.8 Å². The van der Waals surface area contributed by atoms with Gasteiger partial charge in [0.25, 0.3) is 5.91 Å². The van der Waals surface area contributed by atoms with Gasteiger partial charge in [0.15, 0.2) is 0 Å². The smallest absolute Gasteiger partial charge is 0.373 e. The molecule has 3 rings (SSSR count). The summed E-state index contributed by atoms with van der Waals surface area (Å²) in [6, 6.07) is 10.3. The topological polar surface area (TPSA) is 94.8 Å². The zero-order chi connectivity index (χ0) is 19.4. The Balaban J connectivity index is 1.52. The number of hydrogen-bond acceptors (Lipinski definition) is 7. The van der Waals surface area contributed by atoms with Crippen molar-refractivity contribution in [1.82, 2.24) is 5.32 Å². The molecular weight excluding hydrogens is 394 g/mol. The summed E-state index contributed by atoms with van der Waals surface area (Å²) >= 11 is 7.48. The third-order valence-corrected chi connectivity index (χ3v) is 5.23. The molecule has 1 N–H and O–H groups in total. The van der Waals surface area contributed by atoms with Crippen molar-refractivity contribution >= 4 is 50.9 Å². The van der Waals surface area contributed by atoms with Crippen LogP contribution in [-0.4, -0.2) is 31.5 Å². The Hall–Kier alpha value is -2.84. The molecule has 0 aliphatic heterocycles. The van der Waals surface area contributed by atoms with Crippen LogP contribution in [0.5, 0.6) is 0 Å². The van der Waals surface area contributed by atoms with Crippen LogP contribution in [0.25, 0.3) is 10.1 Å². The van der Waals surface area contributed by atoms with Crippen LogP contribution < -0.4 is 5.32 Å². The molecule has 0 aliphatic carbocycles. The zero-order valence-corrected chi connectivity index (χ0v) is 15.7. The molecule has 9 heteroatoms. The molecule has 0 atom stereocenters. The fourth-order valence-corrected chi connectivity index (χ4v) is 3.69. The number of nitrogens with one attached hydrogen (secondary N) is 1. The van der Waals surface area contributed by atoms with Gasteiger partial charge in [0.1, 0.15) is 23.8 Å². The molecule has 0 bridgehead atoms. The molecule has 0 radical (unpaired) electrons. The lowest BCUT2D eigenvalue weighted by atomic mass is 10.2. The molecule has 7 nitrogen and oxygen atoms in total. The lowest BCUT2D eigenvalue weighted by Gasteiger charge is -2.05. The van der Waals surface area contributed by atoms with Gasteiger partial charge in [-0.15, -0.1) is 11.3 Å². The average molecular weight is 408 g/mol. The summed E-state index contributed by atoms with van der Waals surface area (Å²) in [5, 5.41) is 3.62. The number of methoxy groups -OCH3 is 1. The van der Waals surface area contributed by atoms with E-state index in [1.165, 1.54) is 30.6 Å². The number of rotatable bonds is 6. The number of furan rings is 1. The van der Waals surface area contributed by atoms with Crippen LogP contribution in [-0.2, 0) is 20.9 Å². The van der Waals surface area contributed by atoms with E-state index in [2.05, 4.69) is 10.1 Å². The van der Waals surface area contributed by atoms with E-state index < -0.39 is 17.8 Å². The number of halogens is 1. The number of amides is 1. The summed E-state index contributed by atoms with van der Waals surface area (Å²) in [6.07, 6.45) is 0. The van der Waals surface area contributed by atoms with Crippen molar-refractivity contribution in [1.29, 1.82) is 0 Å². The summed E-state index contributed by atoms with van der Waals surface area (Å²) in [7, 11) is 1.23. The quantitative estimate of drug-likeness (QED) is 0.629. The SMILES string of the molecule is COC(=O)c1ccc(COC(=O)CNC(=O)c2sc3ccccc3c2Cl)o1. The minimum Gasteiger partial charge on any atom is -0.463 e. The molecule has 3 aromatic rings. The second-order valence-corrected chi connectivity index (χ2v) is 6.77. The van der Waals surface area contributed by atoms with Crippen LogP contribution in [0.4, 0.5) is 0 Å². The van der Waals surface area contributed by atoms with Gasteiger partial charge in [-0.25, -0.2) is 4.79 Å². The largest absolute Gasteiger partial charge is 0.463 e. The summed E-state index contributed by atoms with van der Waals surface area (Å²) in [5.74, 6) is -1.44. The van der Waals surface area contributed by atoms with Gasteiger partial charge in [-0.3, -0.25) is 9.59 Å². The van der Waals surface area contributed by atoms with Crippen LogP contribution in [0.2, 0.25) is 5.02 Å². The number of fused-ring (bicyclic) bond motifs is 1. The third-order valence-electron chi connectivity index (χ3n) is 3.56. The highest BCUT2D eigenvalue weighted by atomic mass is 35.5. The van der Waals surface area contributed by atoms with Gasteiger partial charge in [-0.2, -0.15) is 0 Å². The predicted octanol–water partition coefficient (Wildman–Crippen LogP) is 3.41. The van der Waals surface area contributed by atoms with Crippen molar-refractivity contribution in [3.8, 4) is 0 Å². The highest BCUT2D eigenvalue weighted by Gasteiger charge is 2.18. The lowest BCUT2D eigenvalue weighted by Crippen LogP contribution is -2.30. The Kier molecular flexibility index (Phi) is 5.78. The molecule has 0 fully saturated rings. The highest BCUT2D eigenvalue weighted by molar-refractivity contribution is 7.21. The number of ether oxygens (including phenoxy) is 2. The van der Waals surface area contributed by atoms with E-state index in [1.807, 2.05) is 24.3 Å². The van der Waals surface area contributed by atoms with Crippen molar-refractivity contribution in [3.63, 3.8) is 0 Å². The maximum atomic E-state index is 12.3. The lowest BCUT2D eigenvalue weighted by molar-refractivity contribution is -0.144. The number of carbonyl (C=O) groups is 3. The van der Waals surface area contributed by atoms with E-state index in [0.29, 0.717) is 9.90 Å². The van der Waals surface area contributed by atoms with Crippen molar-refractivity contribution in [2.24, 2.45) is 0 Å². The van der Waals surface area contributed by atoms with Gasteiger partial charge in [0, 0.05) is 10.1 Å². The molecular formula is C18H14ClNO6S. The molecule has 27 heavy (non-hydrogen) atoms. The van der Waals surface area contributed by atoms with Crippen LogP contribution in [0, 0.1) is 0 Å². The minimum atomic E-state index is -0.656. The molecule has 0 unspecified atom stereocenters. The van der Waals surface area contributed by atoms with Gasteiger partial charge in [-0.1, -0.05) is 29.8 Å². The van der Waals surface area contributed by atoms with Gasteiger partial charge < -0.3 is 19.2 Å². The number of hydrogen-bond donors (Lipinski definition) is 1. The van der Waals surface area contributed by atoms with Crippen LogP contribution >= 0.6 is 22.9 Å². The Morgan fingerprint density at radius 3 is 2.70 bits per heavy atom. The van der Waals surface area contributed by atoms with E-state index in [1.54, 1.807) is 0 Å². The Morgan fingerprint density at radius 1 is 1.19 bits per heavy atom. The molecule has 140 valence electrons. The molecule has 1 amide bonds. The van der Waals surface area contributed by atoms with Gasteiger partial charge >= 0.3 is 11.9 Å². The van der Waals surface area contributed by atoms with Gasteiger partial charge in [0.05, 0.1) is 12.1 Å². The Labute approximate surface area is 162 Å². The van der Waals surface area contributed by atoms with Crippen molar-refractivity contribution in [2.75, 3.05) is 13.7 Å². The third kappa shape index (κ3) is 4.29. The fraction of sp³-hybridized carbons (Fsp3) is 0.167. The number of thiophene rings is 1. The van der Waals surface area contributed by atoms with Crippen LogP contribution in [0.15, 0.2) is 40.8 Å². The van der Waals surface area contributed by atoms with Crippen LogP contribution in [0.1, 0.15) is 26.0 Å². The first-order valence-electron chi connectivity index (χ1n) is 7.77. The monoisotopic (exact) mass is 407 g/mol. The van der Waals surface area contributed by atoms with Gasteiger partial charge in [0.2, 0.25) is 5.76 Å². The predicted molar refractivity (Wildman–Crippen MR) is 99.0 cm³/mol. The van der Waals surface area contributed by atoms with E-state index in [4.69, 9.17) is 20.8 Å². The first kappa shape index (κ1) is 18.9. The van der Waals surface area contributed by atoms with Crippen LogP contribution in [0.3, 0.4) is 0 Å². The highest BCUT2D eigenvalue weighted by Crippen LogP contribution is 2.34. The number of esters is 2. The van der Waals surface area contributed by atoms with Gasteiger partial charge in [-0.05, 0) is 18.2 Å². The standard InChI is InChI=1S/C18H14ClNO6S/c1-24-18(23)12-7-6-10(26-12)9-25-14(21)8-20-17(22)16-15(19)11-4-2-3-5-13(11)27-16/h2-7H,8-9H2,1H3,(H,20,22). The first-order chi connectivity index (χ1) is 13.0. The first-order valence-corrected chi connectivity index (χ1v) is 8.97. The molecule has 0 aliphatic rings. The minimum absolute atomic E-state index is 0.0104. The zero-order valence-electron chi connectivity index (χ0n) is 14.1. The van der Waals surface area contributed by atoms with Crippen molar-refractivity contribution in [2.45, 2.75) is 6.61 Å². The van der Waals surface area contributed by atoms with E-state index in [-0.39, 0.29) is 24.7 Å². The van der Waals surface area contributed by atoms with Crippen molar-refractivity contribution < 1.29 is 28.3 Å². The van der Waals surface area contributed by atoms with E-state index >= 15 is 0 Å². The number of carbonyl (C=O) groups excluding carboxylic acids is 3. The summed E-state index contributed by atoms with van der Waals surface area (Å²) in [6.45, 7) is -0.497. The molecule has 2 heterocycles. The van der Waals surface area contributed by atoms with E-state index in [9.17, 15) is 14.4 Å². The second-order valence-electron chi connectivity index (χ2n) is 5.34. The molecule has 2 aromatic heterocycles. The maximum absolute atomic E-state index is 12.3. The molecule has 0 saturated heterocycles. The normalized spacial score (nSPS) is 10.6. The van der Waals surface area contributed by atoms with E-state index in [0.717, 1.165) is 10.1 Å². The fourth-order valence-electron chi connectivity index (χ4n) is 2.26. The second kappa shape index (κ2) is 8.24. The summed E-state index contributed by atoms with van der Waals surface area (Å²) in [5.41, 5.74) is 0. The summed E-state index contributed by atoms with van der Waals surface area (Å²) in [4.78, 5) is 35.7. The Bertz CT molecular complexity index is 1010. The number of benzene rings is 1. The molecule has 1 aromatic carbocycles. The molecule has 0 saturated carbocycles. The average Bonchev–Trinajstić information content (AvgIpc) is 3.29. The molecule has 0 spiro atoms. The maximum Gasteiger partial charge on any atom is 0.373 e. The Morgan fingerprint density at radius 2 is 1.96 bits per heavy atom. The summed E-state index contributed by atoms with van der Waals surface area (Å²) < 4.78 is 15.6.